The normalized spacial score (nSPS) is 12.4. The molecule has 1 N–H and O–H groups in total. The Bertz CT molecular complexity index is 224. The lowest BCUT2D eigenvalue weighted by molar-refractivity contribution is 0.372. The third kappa shape index (κ3) is 2.32. The van der Waals surface area contributed by atoms with Crippen LogP contribution in [0.25, 0.3) is 0 Å². The molecule has 0 aliphatic carbocycles. The highest BCUT2D eigenvalue weighted by Crippen LogP contribution is 2.24. The Hall–Kier alpha value is -0.340. The Kier molecular flexibility index (Phi) is 2.91. The predicted molar refractivity (Wildman–Crippen MR) is 55.6 cm³/mol. The summed E-state index contributed by atoms with van der Waals surface area (Å²) in [6, 6.07) is 4.81. The highest BCUT2D eigenvalue weighted by atomic mass is 32.1. The molecular weight excluding hydrogens is 166 g/mol. The zero-order valence-corrected chi connectivity index (χ0v) is 9.03. The molecule has 0 fully saturated rings. The van der Waals surface area contributed by atoms with Gasteiger partial charge in [0.1, 0.15) is 0 Å². The number of hydrogen-bond acceptors (Lipinski definition) is 2. The van der Waals surface area contributed by atoms with E-state index >= 15 is 0 Å². The minimum Gasteiger partial charge on any atom is -0.305 e. The van der Waals surface area contributed by atoms with E-state index in [9.17, 15) is 0 Å². The Morgan fingerprint density at radius 1 is 1.42 bits per heavy atom. The van der Waals surface area contributed by atoms with Gasteiger partial charge in [-0.25, -0.2) is 0 Å². The monoisotopic (exact) mass is 183 g/mol. The van der Waals surface area contributed by atoms with Crippen LogP contribution in [-0.2, 0) is 5.54 Å². The van der Waals surface area contributed by atoms with E-state index in [1.54, 1.807) is 0 Å². The van der Waals surface area contributed by atoms with E-state index in [-0.39, 0.29) is 5.54 Å². The van der Waals surface area contributed by atoms with Gasteiger partial charge in [0, 0.05) is 16.5 Å². The molecular formula is C10H17NS. The van der Waals surface area contributed by atoms with Crippen LogP contribution in [0.15, 0.2) is 17.5 Å². The van der Waals surface area contributed by atoms with Crippen molar-refractivity contribution in [3.05, 3.63) is 22.4 Å². The maximum absolute atomic E-state index is 3.53. The second-order valence-electron chi connectivity index (χ2n) is 3.90. The molecule has 0 spiro atoms. The van der Waals surface area contributed by atoms with Gasteiger partial charge >= 0.3 is 0 Å². The summed E-state index contributed by atoms with van der Waals surface area (Å²) in [5, 5.41) is 5.66. The Balaban J connectivity index is 2.72. The second kappa shape index (κ2) is 3.58. The predicted octanol–water partition coefficient (Wildman–Crippen LogP) is 2.98. The number of rotatable bonds is 3. The lowest BCUT2D eigenvalue weighted by Crippen LogP contribution is -2.40. The first kappa shape index (κ1) is 9.75. The maximum Gasteiger partial charge on any atom is 0.0473 e. The highest BCUT2D eigenvalue weighted by molar-refractivity contribution is 7.10. The van der Waals surface area contributed by atoms with E-state index in [2.05, 4.69) is 50.5 Å². The van der Waals surface area contributed by atoms with Gasteiger partial charge in [0.05, 0.1) is 0 Å². The van der Waals surface area contributed by atoms with Crippen LogP contribution in [0, 0.1) is 0 Å². The van der Waals surface area contributed by atoms with Crippen LogP contribution >= 0.6 is 11.3 Å². The van der Waals surface area contributed by atoms with Crippen molar-refractivity contribution in [2.75, 3.05) is 0 Å². The molecule has 1 nitrogen and oxygen atoms in total. The van der Waals surface area contributed by atoms with Crippen molar-refractivity contribution in [3.8, 4) is 0 Å². The molecule has 0 aliphatic rings. The lowest BCUT2D eigenvalue weighted by atomic mass is 10.0. The van der Waals surface area contributed by atoms with Crippen molar-refractivity contribution >= 4 is 11.3 Å². The van der Waals surface area contributed by atoms with Crippen LogP contribution in [0.1, 0.15) is 32.6 Å². The molecule has 1 aromatic heterocycles. The molecule has 0 aromatic carbocycles. The molecule has 0 saturated carbocycles. The van der Waals surface area contributed by atoms with Gasteiger partial charge in [-0.15, -0.1) is 11.3 Å². The van der Waals surface area contributed by atoms with Crippen LogP contribution in [0.5, 0.6) is 0 Å². The van der Waals surface area contributed by atoms with Crippen molar-refractivity contribution in [1.82, 2.24) is 5.32 Å². The van der Waals surface area contributed by atoms with E-state index in [0.29, 0.717) is 6.04 Å². The second-order valence-corrected chi connectivity index (χ2v) is 4.85. The topological polar surface area (TPSA) is 12.0 Å². The molecule has 68 valence electrons. The highest BCUT2D eigenvalue weighted by Gasteiger charge is 2.21. The number of hydrogen-bond donors (Lipinski definition) is 1. The fourth-order valence-corrected chi connectivity index (χ4v) is 2.24. The molecule has 0 unspecified atom stereocenters. The van der Waals surface area contributed by atoms with Crippen molar-refractivity contribution in [3.63, 3.8) is 0 Å². The van der Waals surface area contributed by atoms with Crippen LogP contribution in [-0.4, -0.2) is 6.04 Å². The zero-order valence-electron chi connectivity index (χ0n) is 8.22. The lowest BCUT2D eigenvalue weighted by Gasteiger charge is -2.27. The molecule has 0 bridgehead atoms. The molecule has 12 heavy (non-hydrogen) atoms. The summed E-state index contributed by atoms with van der Waals surface area (Å²) in [4.78, 5) is 1.40. The smallest absolute Gasteiger partial charge is 0.0473 e. The summed E-state index contributed by atoms with van der Waals surface area (Å²) >= 11 is 1.81. The fourth-order valence-electron chi connectivity index (χ4n) is 1.43. The summed E-state index contributed by atoms with van der Waals surface area (Å²) in [7, 11) is 0. The number of nitrogens with one attached hydrogen (secondary N) is 1. The molecule has 1 aromatic rings. The Labute approximate surface area is 78.8 Å². The van der Waals surface area contributed by atoms with E-state index in [1.165, 1.54) is 4.88 Å². The van der Waals surface area contributed by atoms with Crippen LogP contribution in [0.4, 0.5) is 0 Å². The van der Waals surface area contributed by atoms with Crippen LogP contribution in [0.3, 0.4) is 0 Å². The average Bonchev–Trinajstić information content (AvgIpc) is 2.32. The van der Waals surface area contributed by atoms with Gasteiger partial charge in [-0.3, -0.25) is 0 Å². The largest absolute Gasteiger partial charge is 0.305 e. The molecule has 0 amide bonds. The summed E-state index contributed by atoms with van der Waals surface area (Å²) < 4.78 is 0. The standard InChI is InChI=1S/C10H17NS/c1-8(2)11-10(3,4)9-6-5-7-12-9/h5-8,11H,1-4H3. The van der Waals surface area contributed by atoms with Gasteiger partial charge in [0.2, 0.25) is 0 Å². The van der Waals surface area contributed by atoms with Gasteiger partial charge < -0.3 is 5.32 Å². The average molecular weight is 183 g/mol. The van der Waals surface area contributed by atoms with Crippen LogP contribution in [0.2, 0.25) is 0 Å². The Morgan fingerprint density at radius 2 is 2.08 bits per heavy atom. The SMILES string of the molecule is CC(C)NC(C)(C)c1cccs1. The summed E-state index contributed by atoms with van der Waals surface area (Å²) in [5.74, 6) is 0. The molecule has 0 aliphatic heterocycles. The summed E-state index contributed by atoms with van der Waals surface area (Å²) in [5.41, 5.74) is 0.113. The van der Waals surface area contributed by atoms with Crippen molar-refractivity contribution in [1.29, 1.82) is 0 Å². The zero-order chi connectivity index (χ0) is 9.19. The molecule has 0 saturated heterocycles. The third-order valence-corrected chi connectivity index (χ3v) is 2.98. The van der Waals surface area contributed by atoms with E-state index in [1.807, 2.05) is 11.3 Å². The minimum atomic E-state index is 0.113. The van der Waals surface area contributed by atoms with Gasteiger partial charge in [-0.2, -0.15) is 0 Å². The molecule has 0 atom stereocenters. The van der Waals surface area contributed by atoms with Gasteiger partial charge in [-0.1, -0.05) is 19.9 Å². The van der Waals surface area contributed by atoms with Crippen molar-refractivity contribution in [2.24, 2.45) is 0 Å². The molecule has 1 rings (SSSR count). The van der Waals surface area contributed by atoms with Gasteiger partial charge in [0.25, 0.3) is 0 Å². The van der Waals surface area contributed by atoms with E-state index < -0.39 is 0 Å². The third-order valence-electron chi connectivity index (χ3n) is 1.79. The van der Waals surface area contributed by atoms with Gasteiger partial charge in [0.15, 0.2) is 0 Å². The quantitative estimate of drug-likeness (QED) is 0.759. The van der Waals surface area contributed by atoms with Crippen molar-refractivity contribution < 1.29 is 0 Å². The van der Waals surface area contributed by atoms with Crippen molar-refractivity contribution in [2.45, 2.75) is 39.3 Å². The maximum atomic E-state index is 3.53. The molecule has 1 heterocycles. The molecule has 0 radical (unpaired) electrons. The summed E-state index contributed by atoms with van der Waals surface area (Å²) in [6.07, 6.45) is 0. The first-order valence-corrected chi connectivity index (χ1v) is 5.22. The van der Waals surface area contributed by atoms with E-state index in [0.717, 1.165) is 0 Å². The Morgan fingerprint density at radius 3 is 2.50 bits per heavy atom. The minimum absolute atomic E-state index is 0.113. The fraction of sp³-hybridized carbons (Fsp3) is 0.600. The van der Waals surface area contributed by atoms with E-state index in [4.69, 9.17) is 0 Å². The van der Waals surface area contributed by atoms with Crippen LogP contribution < -0.4 is 5.32 Å². The molecule has 2 heteroatoms. The first-order chi connectivity index (χ1) is 5.52. The first-order valence-electron chi connectivity index (χ1n) is 4.34. The van der Waals surface area contributed by atoms with Gasteiger partial charge in [-0.05, 0) is 25.3 Å². The summed E-state index contributed by atoms with van der Waals surface area (Å²) in [6.45, 7) is 8.79. The number of thiophene rings is 1.